The number of fused-ring (bicyclic) bond motifs is 4. The molecule has 0 aliphatic heterocycles. The standard InChI is InChI=1S/C25H21N3S/c26-12-4-3-6-19-20-13-16(15-27)8-10-22(20)28-25(19)17-9-11-24-21(14-17)18-5-1-2-7-23(18)29-24/h1-2,5,7-11,13-14,28H,3-4,6,12,26H2. The zero-order valence-electron chi connectivity index (χ0n) is 16.0. The summed E-state index contributed by atoms with van der Waals surface area (Å²) in [6.07, 6.45) is 2.99. The maximum Gasteiger partial charge on any atom is 0.0991 e. The predicted molar refractivity (Wildman–Crippen MR) is 123 cm³/mol. The lowest BCUT2D eigenvalue weighted by molar-refractivity contribution is 0.748. The summed E-state index contributed by atoms with van der Waals surface area (Å²) in [7, 11) is 0. The van der Waals surface area contributed by atoms with E-state index in [2.05, 4.69) is 53.5 Å². The van der Waals surface area contributed by atoms with Crippen molar-refractivity contribution in [3.8, 4) is 17.3 Å². The van der Waals surface area contributed by atoms with Crippen molar-refractivity contribution >= 4 is 42.4 Å². The molecule has 4 heteroatoms. The molecule has 0 radical (unpaired) electrons. The minimum atomic E-state index is 0.697. The van der Waals surface area contributed by atoms with E-state index in [1.54, 1.807) is 0 Å². The number of nitriles is 1. The lowest BCUT2D eigenvalue weighted by Gasteiger charge is -2.06. The second-order valence-electron chi connectivity index (χ2n) is 7.41. The number of nitrogens with one attached hydrogen (secondary N) is 1. The Labute approximate surface area is 173 Å². The van der Waals surface area contributed by atoms with Crippen LogP contribution in [0.15, 0.2) is 60.7 Å². The van der Waals surface area contributed by atoms with Crippen molar-refractivity contribution in [3.05, 3.63) is 71.8 Å². The van der Waals surface area contributed by atoms with Crippen molar-refractivity contribution < 1.29 is 0 Å². The van der Waals surface area contributed by atoms with E-state index in [9.17, 15) is 5.26 Å². The fourth-order valence-corrected chi connectivity index (χ4v) is 5.24. The van der Waals surface area contributed by atoms with Crippen LogP contribution in [0.5, 0.6) is 0 Å². The molecule has 5 rings (SSSR count). The number of thiophene rings is 1. The van der Waals surface area contributed by atoms with Gasteiger partial charge in [-0.3, -0.25) is 0 Å². The molecule has 0 bridgehead atoms. The van der Waals surface area contributed by atoms with E-state index in [0.717, 1.165) is 35.9 Å². The Kier molecular flexibility index (Phi) is 4.55. The maximum absolute atomic E-state index is 9.35. The van der Waals surface area contributed by atoms with Gasteiger partial charge in [0.25, 0.3) is 0 Å². The highest BCUT2D eigenvalue weighted by atomic mass is 32.1. The van der Waals surface area contributed by atoms with Crippen LogP contribution in [0, 0.1) is 11.3 Å². The fraction of sp³-hybridized carbons (Fsp3) is 0.160. The van der Waals surface area contributed by atoms with Gasteiger partial charge in [-0.05, 0) is 73.3 Å². The number of aromatic nitrogens is 1. The molecule has 3 N–H and O–H groups in total. The van der Waals surface area contributed by atoms with Crippen molar-refractivity contribution in [2.45, 2.75) is 19.3 Å². The zero-order chi connectivity index (χ0) is 19.8. The lowest BCUT2D eigenvalue weighted by atomic mass is 9.98. The predicted octanol–water partition coefficient (Wildman–Crippen LogP) is 6.36. The Bertz CT molecular complexity index is 1380. The molecule has 0 fully saturated rings. The third kappa shape index (κ3) is 3.09. The Morgan fingerprint density at radius 1 is 0.897 bits per heavy atom. The molecule has 0 aliphatic carbocycles. The summed E-state index contributed by atoms with van der Waals surface area (Å²) in [4.78, 5) is 3.63. The first-order chi connectivity index (χ1) is 14.3. The molecule has 0 saturated heterocycles. The number of hydrogen-bond donors (Lipinski definition) is 2. The van der Waals surface area contributed by atoms with E-state index < -0.39 is 0 Å². The first-order valence-corrected chi connectivity index (χ1v) is 10.8. The minimum Gasteiger partial charge on any atom is -0.354 e. The Morgan fingerprint density at radius 3 is 2.62 bits per heavy atom. The highest BCUT2D eigenvalue weighted by Crippen LogP contribution is 2.38. The van der Waals surface area contributed by atoms with E-state index >= 15 is 0 Å². The summed E-state index contributed by atoms with van der Waals surface area (Å²) in [5, 5.41) is 13.1. The van der Waals surface area contributed by atoms with Crippen molar-refractivity contribution in [2.75, 3.05) is 6.54 Å². The van der Waals surface area contributed by atoms with Crippen molar-refractivity contribution in [1.29, 1.82) is 5.26 Å². The van der Waals surface area contributed by atoms with Crippen LogP contribution in [-0.2, 0) is 6.42 Å². The van der Waals surface area contributed by atoms with Crippen LogP contribution < -0.4 is 5.73 Å². The van der Waals surface area contributed by atoms with Gasteiger partial charge < -0.3 is 10.7 Å². The number of aryl methyl sites for hydroxylation is 1. The number of H-pyrrole nitrogens is 1. The molecular weight excluding hydrogens is 374 g/mol. The van der Waals surface area contributed by atoms with Gasteiger partial charge in [-0.15, -0.1) is 11.3 Å². The summed E-state index contributed by atoms with van der Waals surface area (Å²) in [6, 6.07) is 23.5. The summed E-state index contributed by atoms with van der Waals surface area (Å²) in [5.74, 6) is 0. The quantitative estimate of drug-likeness (QED) is 0.340. The number of rotatable bonds is 5. The van der Waals surface area contributed by atoms with Crippen molar-refractivity contribution in [1.82, 2.24) is 4.98 Å². The van der Waals surface area contributed by atoms with E-state index in [-0.39, 0.29) is 0 Å². The van der Waals surface area contributed by atoms with Gasteiger partial charge >= 0.3 is 0 Å². The van der Waals surface area contributed by atoms with E-state index in [0.29, 0.717) is 12.1 Å². The van der Waals surface area contributed by atoms with Crippen LogP contribution >= 0.6 is 11.3 Å². The molecule has 0 unspecified atom stereocenters. The average Bonchev–Trinajstić information content (AvgIpc) is 3.31. The van der Waals surface area contributed by atoms with Gasteiger partial charge in [-0.2, -0.15) is 5.26 Å². The van der Waals surface area contributed by atoms with Crippen LogP contribution in [0.25, 0.3) is 42.3 Å². The van der Waals surface area contributed by atoms with Crippen LogP contribution in [0.3, 0.4) is 0 Å². The monoisotopic (exact) mass is 395 g/mol. The molecule has 3 aromatic carbocycles. The smallest absolute Gasteiger partial charge is 0.0991 e. The average molecular weight is 396 g/mol. The summed E-state index contributed by atoms with van der Waals surface area (Å²) in [5.41, 5.74) is 11.1. The second-order valence-corrected chi connectivity index (χ2v) is 8.49. The number of unbranched alkanes of at least 4 members (excludes halogenated alkanes) is 1. The molecule has 5 aromatic rings. The van der Waals surface area contributed by atoms with Crippen molar-refractivity contribution in [2.24, 2.45) is 5.73 Å². The van der Waals surface area contributed by atoms with E-state index in [1.807, 2.05) is 29.5 Å². The summed E-state index contributed by atoms with van der Waals surface area (Å²) < 4.78 is 2.63. The van der Waals surface area contributed by atoms with Gasteiger partial charge in [0.2, 0.25) is 0 Å². The molecule has 142 valence electrons. The fourth-order valence-electron chi connectivity index (χ4n) is 4.15. The Balaban J connectivity index is 1.71. The molecule has 2 heterocycles. The van der Waals surface area contributed by atoms with E-state index in [4.69, 9.17) is 5.73 Å². The first-order valence-electron chi connectivity index (χ1n) is 9.95. The second kappa shape index (κ2) is 7.36. The van der Waals surface area contributed by atoms with Crippen LogP contribution in [0.4, 0.5) is 0 Å². The van der Waals surface area contributed by atoms with Crippen LogP contribution in [0.1, 0.15) is 24.0 Å². The number of benzene rings is 3. The molecule has 0 atom stereocenters. The molecule has 0 amide bonds. The van der Waals surface area contributed by atoms with E-state index in [1.165, 1.54) is 31.3 Å². The third-order valence-electron chi connectivity index (χ3n) is 5.58. The van der Waals surface area contributed by atoms with Crippen LogP contribution in [-0.4, -0.2) is 11.5 Å². The third-order valence-corrected chi connectivity index (χ3v) is 6.73. The maximum atomic E-state index is 9.35. The largest absolute Gasteiger partial charge is 0.354 e. The molecule has 0 saturated carbocycles. The molecule has 2 aromatic heterocycles. The minimum absolute atomic E-state index is 0.697. The van der Waals surface area contributed by atoms with Crippen LogP contribution in [0.2, 0.25) is 0 Å². The number of hydrogen-bond acceptors (Lipinski definition) is 3. The topological polar surface area (TPSA) is 65.6 Å². The Morgan fingerprint density at radius 2 is 1.76 bits per heavy atom. The van der Waals surface area contributed by atoms with Gasteiger partial charge in [0.15, 0.2) is 0 Å². The van der Waals surface area contributed by atoms with Gasteiger partial charge in [-0.1, -0.05) is 24.3 Å². The zero-order valence-corrected chi connectivity index (χ0v) is 16.9. The SMILES string of the molecule is N#Cc1ccc2[nH]c(-c3ccc4sc5ccccc5c4c3)c(CCCCN)c2c1. The van der Waals surface area contributed by atoms with Crippen molar-refractivity contribution in [3.63, 3.8) is 0 Å². The normalized spacial score (nSPS) is 11.4. The lowest BCUT2D eigenvalue weighted by Crippen LogP contribution is -1.99. The molecule has 3 nitrogen and oxygen atoms in total. The van der Waals surface area contributed by atoms with Gasteiger partial charge in [0.1, 0.15) is 0 Å². The van der Waals surface area contributed by atoms with Gasteiger partial charge in [0, 0.05) is 36.8 Å². The number of aromatic amines is 1. The molecule has 0 spiro atoms. The molecule has 29 heavy (non-hydrogen) atoms. The Hall–Kier alpha value is -3.13. The highest BCUT2D eigenvalue weighted by Gasteiger charge is 2.15. The summed E-state index contributed by atoms with van der Waals surface area (Å²) >= 11 is 1.84. The molecule has 0 aliphatic rings. The first kappa shape index (κ1) is 17.9. The molecular formula is C25H21N3S. The highest BCUT2D eigenvalue weighted by molar-refractivity contribution is 7.25. The van der Waals surface area contributed by atoms with Gasteiger partial charge in [-0.25, -0.2) is 0 Å². The number of nitrogens with zero attached hydrogens (tertiary/aromatic N) is 1. The number of nitrogens with two attached hydrogens (primary N) is 1. The summed E-state index contributed by atoms with van der Waals surface area (Å²) in [6.45, 7) is 0.702. The van der Waals surface area contributed by atoms with Gasteiger partial charge in [0.05, 0.1) is 11.6 Å².